The van der Waals surface area contributed by atoms with Crippen molar-refractivity contribution in [3.05, 3.63) is 75.6 Å². The van der Waals surface area contributed by atoms with Crippen LogP contribution >= 0.6 is 27.5 Å². The molecule has 0 spiro atoms. The number of H-pyrrole nitrogens is 1. The van der Waals surface area contributed by atoms with Crippen molar-refractivity contribution in [3.8, 4) is 11.4 Å². The third kappa shape index (κ3) is 3.31. The predicted molar refractivity (Wildman–Crippen MR) is 118 cm³/mol. The van der Waals surface area contributed by atoms with Crippen molar-refractivity contribution in [2.75, 3.05) is 5.43 Å². The van der Waals surface area contributed by atoms with Gasteiger partial charge in [0, 0.05) is 27.1 Å². The van der Waals surface area contributed by atoms with Gasteiger partial charge in [0.15, 0.2) is 17.3 Å². The van der Waals surface area contributed by atoms with Gasteiger partial charge in [-0.1, -0.05) is 33.6 Å². The Labute approximate surface area is 182 Å². The number of nitrogens with zero attached hydrogens (tertiary/aromatic N) is 5. The minimum absolute atomic E-state index is 0.143. The summed E-state index contributed by atoms with van der Waals surface area (Å²) >= 11 is 9.64. The highest BCUT2D eigenvalue weighted by atomic mass is 79.9. The fraction of sp³-hybridized carbons (Fsp3) is 0. The van der Waals surface area contributed by atoms with Crippen LogP contribution in [0.3, 0.4) is 0 Å². The zero-order valence-corrected chi connectivity index (χ0v) is 17.5. The van der Waals surface area contributed by atoms with Crippen molar-refractivity contribution in [2.45, 2.75) is 0 Å². The summed E-state index contributed by atoms with van der Waals surface area (Å²) in [6, 6.07) is 13.8. The van der Waals surface area contributed by atoms with Gasteiger partial charge in [-0.3, -0.25) is 5.43 Å². The Morgan fingerprint density at radius 2 is 2.07 bits per heavy atom. The van der Waals surface area contributed by atoms with Crippen LogP contribution in [0, 0.1) is 5.82 Å². The molecule has 0 atom stereocenters. The fourth-order valence-electron chi connectivity index (χ4n) is 3.11. The van der Waals surface area contributed by atoms with Gasteiger partial charge < -0.3 is 4.98 Å². The first kappa shape index (κ1) is 18.7. The lowest BCUT2D eigenvalue weighted by Gasteiger charge is -2.05. The topological polar surface area (TPSA) is 83.3 Å². The van der Waals surface area contributed by atoms with Gasteiger partial charge in [0.2, 0.25) is 0 Å². The molecule has 2 aromatic carbocycles. The molecule has 3 aromatic heterocycles. The van der Waals surface area contributed by atoms with Gasteiger partial charge >= 0.3 is 0 Å². The predicted octanol–water partition coefficient (Wildman–Crippen LogP) is 5.27. The van der Waals surface area contributed by atoms with Crippen molar-refractivity contribution in [1.29, 1.82) is 0 Å². The van der Waals surface area contributed by atoms with Gasteiger partial charge in [0.1, 0.15) is 5.82 Å². The van der Waals surface area contributed by atoms with Crippen LogP contribution in [0.1, 0.15) is 5.56 Å². The van der Waals surface area contributed by atoms with Crippen molar-refractivity contribution in [1.82, 2.24) is 24.8 Å². The zero-order valence-electron chi connectivity index (χ0n) is 15.1. The summed E-state index contributed by atoms with van der Waals surface area (Å²) in [5, 5.41) is 18.0. The molecule has 0 fully saturated rings. The van der Waals surface area contributed by atoms with E-state index >= 15 is 0 Å². The van der Waals surface area contributed by atoms with Gasteiger partial charge in [-0.15, -0.1) is 15.3 Å². The second-order valence-electron chi connectivity index (χ2n) is 6.41. The van der Waals surface area contributed by atoms with Gasteiger partial charge in [-0.25, -0.2) is 4.39 Å². The number of benzene rings is 2. The number of fused-ring (bicyclic) bond motifs is 2. The highest BCUT2D eigenvalue weighted by molar-refractivity contribution is 9.10. The molecule has 10 heteroatoms. The normalized spacial score (nSPS) is 11.7. The van der Waals surface area contributed by atoms with E-state index in [9.17, 15) is 4.39 Å². The Kier molecular flexibility index (Phi) is 4.68. The SMILES string of the molecule is Fc1cccc(Cl)c1-c1nnc2ccc(N/N=C\c3c[nH]c4ccc(Br)cc34)nn12. The summed E-state index contributed by atoms with van der Waals surface area (Å²) in [5.74, 6) is 0.149. The first-order valence-corrected chi connectivity index (χ1v) is 10.00. The van der Waals surface area contributed by atoms with Crippen LogP contribution in [-0.4, -0.2) is 31.0 Å². The third-order valence-corrected chi connectivity index (χ3v) is 5.32. The monoisotopic (exact) mass is 483 g/mol. The van der Waals surface area contributed by atoms with Crippen LogP contribution in [-0.2, 0) is 0 Å². The number of hydrazone groups is 1. The first-order valence-electron chi connectivity index (χ1n) is 8.83. The van der Waals surface area contributed by atoms with Crippen LogP contribution in [0.15, 0.2) is 64.3 Å². The summed E-state index contributed by atoms with van der Waals surface area (Å²) < 4.78 is 16.7. The molecule has 2 N–H and O–H groups in total. The van der Waals surface area contributed by atoms with Crippen molar-refractivity contribution >= 4 is 56.1 Å². The van der Waals surface area contributed by atoms with Gasteiger partial charge in [0.25, 0.3) is 0 Å². The lowest BCUT2D eigenvalue weighted by atomic mass is 10.2. The average Bonchev–Trinajstić information content (AvgIpc) is 3.32. The average molecular weight is 485 g/mol. The van der Waals surface area contributed by atoms with E-state index in [-0.39, 0.29) is 16.4 Å². The second-order valence-corrected chi connectivity index (χ2v) is 7.74. The third-order valence-electron chi connectivity index (χ3n) is 4.51. The molecule has 0 radical (unpaired) electrons. The summed E-state index contributed by atoms with van der Waals surface area (Å²) in [7, 11) is 0. The Bertz CT molecular complexity index is 1410. The van der Waals surface area contributed by atoms with Crippen molar-refractivity contribution in [2.24, 2.45) is 5.10 Å². The van der Waals surface area contributed by atoms with Crippen LogP contribution in [0.5, 0.6) is 0 Å². The van der Waals surface area contributed by atoms with E-state index in [1.165, 1.54) is 16.6 Å². The molecule has 5 aromatic rings. The van der Waals surface area contributed by atoms with E-state index in [1.54, 1.807) is 24.4 Å². The highest BCUT2D eigenvalue weighted by Crippen LogP contribution is 2.29. The standard InChI is InChI=1S/C20H12BrClFN7/c21-12-4-5-16-13(8-12)11(9-24-16)10-25-26-17-6-7-18-27-28-20(30(18)29-17)19-14(22)2-1-3-15(19)23/h1-10,24H,(H,26,29)/b25-10-. The number of hydrogen-bond donors (Lipinski definition) is 2. The van der Waals surface area contributed by atoms with Crippen LogP contribution < -0.4 is 5.43 Å². The number of halogens is 3. The maximum Gasteiger partial charge on any atom is 0.189 e. The minimum Gasteiger partial charge on any atom is -0.361 e. The van der Waals surface area contributed by atoms with Gasteiger partial charge in [0.05, 0.1) is 16.8 Å². The Balaban J connectivity index is 1.47. The highest BCUT2D eigenvalue weighted by Gasteiger charge is 2.17. The number of hydrogen-bond acceptors (Lipinski definition) is 5. The van der Waals surface area contributed by atoms with E-state index in [0.717, 1.165) is 20.9 Å². The van der Waals surface area contributed by atoms with E-state index in [2.05, 4.69) is 46.7 Å². The molecule has 148 valence electrons. The second kappa shape index (κ2) is 7.51. The molecule has 0 saturated heterocycles. The molecule has 5 rings (SSSR count). The number of aromatic nitrogens is 5. The van der Waals surface area contributed by atoms with E-state index < -0.39 is 5.82 Å². The molecule has 0 saturated carbocycles. The lowest BCUT2D eigenvalue weighted by Crippen LogP contribution is -2.01. The van der Waals surface area contributed by atoms with Gasteiger partial charge in [-0.05, 0) is 42.5 Å². The van der Waals surface area contributed by atoms with E-state index in [0.29, 0.717) is 11.5 Å². The maximum absolute atomic E-state index is 14.3. The molecule has 3 heterocycles. The summed E-state index contributed by atoms with van der Waals surface area (Å²) in [6.45, 7) is 0. The zero-order chi connectivity index (χ0) is 20.7. The number of aromatic amines is 1. The van der Waals surface area contributed by atoms with Crippen LogP contribution in [0.4, 0.5) is 10.2 Å². The van der Waals surface area contributed by atoms with Crippen molar-refractivity contribution < 1.29 is 4.39 Å². The molecule has 30 heavy (non-hydrogen) atoms. The number of rotatable bonds is 4. The molecular formula is C20H12BrClFN7. The minimum atomic E-state index is -0.500. The van der Waals surface area contributed by atoms with Gasteiger partial charge in [-0.2, -0.15) is 9.62 Å². The largest absolute Gasteiger partial charge is 0.361 e. The molecule has 7 nitrogen and oxygen atoms in total. The lowest BCUT2D eigenvalue weighted by molar-refractivity contribution is 0.629. The quantitative estimate of drug-likeness (QED) is 0.269. The summed E-state index contributed by atoms with van der Waals surface area (Å²) in [4.78, 5) is 3.20. The molecular weight excluding hydrogens is 473 g/mol. The Morgan fingerprint density at radius 1 is 1.17 bits per heavy atom. The Morgan fingerprint density at radius 3 is 2.93 bits per heavy atom. The van der Waals surface area contributed by atoms with Crippen LogP contribution in [0.2, 0.25) is 5.02 Å². The molecule has 0 bridgehead atoms. The summed E-state index contributed by atoms with van der Waals surface area (Å²) in [6.07, 6.45) is 3.56. The summed E-state index contributed by atoms with van der Waals surface area (Å²) in [5.41, 5.74) is 5.41. The Hall–Kier alpha value is -3.30. The molecule has 0 aliphatic heterocycles. The maximum atomic E-state index is 14.3. The van der Waals surface area contributed by atoms with E-state index in [1.807, 2.05) is 24.4 Å². The first-order chi connectivity index (χ1) is 14.6. The molecule has 0 amide bonds. The van der Waals surface area contributed by atoms with E-state index in [4.69, 9.17) is 11.6 Å². The van der Waals surface area contributed by atoms with Crippen LogP contribution in [0.25, 0.3) is 27.9 Å². The van der Waals surface area contributed by atoms with Crippen molar-refractivity contribution in [3.63, 3.8) is 0 Å². The number of anilines is 1. The molecule has 0 aliphatic carbocycles. The molecule has 0 unspecified atom stereocenters. The number of nitrogens with one attached hydrogen (secondary N) is 2. The fourth-order valence-corrected chi connectivity index (χ4v) is 3.71. The smallest absolute Gasteiger partial charge is 0.189 e. The molecule has 0 aliphatic rings.